The van der Waals surface area contributed by atoms with Crippen LogP contribution in [0.5, 0.6) is 0 Å². The highest BCUT2D eigenvalue weighted by molar-refractivity contribution is 7.93. The highest BCUT2D eigenvalue weighted by Crippen LogP contribution is 2.36. The van der Waals surface area contributed by atoms with Crippen LogP contribution in [0.2, 0.25) is 0 Å². The number of amides is 1. The molecular weight excluding hydrogens is 410 g/mol. The van der Waals surface area contributed by atoms with Crippen LogP contribution in [-0.2, 0) is 22.9 Å². The molecule has 0 bridgehead atoms. The minimum atomic E-state index is -4.12. The van der Waals surface area contributed by atoms with Crippen molar-refractivity contribution in [1.82, 2.24) is 0 Å². The number of nitrogens with zero attached hydrogens (tertiary/aromatic N) is 1. The van der Waals surface area contributed by atoms with E-state index in [0.717, 1.165) is 52.3 Å². The Bertz CT molecular complexity index is 1360. The SMILES string of the molecule is O=C(c1ccccc1)N(c1ccc2oc3c(c2c1)CCCC3)S(=O)(=O)c1ccccc1. The fourth-order valence-electron chi connectivity index (χ4n) is 4.14. The fourth-order valence-corrected chi connectivity index (χ4v) is 5.56. The first-order valence-electron chi connectivity index (χ1n) is 10.3. The van der Waals surface area contributed by atoms with E-state index in [1.807, 2.05) is 0 Å². The number of rotatable bonds is 4. The quantitative estimate of drug-likeness (QED) is 0.437. The molecule has 0 N–H and O–H groups in total. The van der Waals surface area contributed by atoms with Crippen molar-refractivity contribution < 1.29 is 17.6 Å². The monoisotopic (exact) mass is 431 g/mol. The van der Waals surface area contributed by atoms with Gasteiger partial charge in [-0.05, 0) is 61.7 Å². The van der Waals surface area contributed by atoms with Gasteiger partial charge in [0.25, 0.3) is 15.9 Å². The summed E-state index contributed by atoms with van der Waals surface area (Å²) in [5.41, 5.74) is 2.45. The zero-order valence-corrected chi connectivity index (χ0v) is 17.6. The number of aryl methyl sites for hydroxylation is 2. The van der Waals surface area contributed by atoms with Crippen LogP contribution >= 0.6 is 0 Å². The number of carbonyl (C=O) groups is 1. The first kappa shape index (κ1) is 19.6. The third-order valence-electron chi connectivity index (χ3n) is 5.66. The molecule has 0 atom stereocenters. The number of anilines is 1. The van der Waals surface area contributed by atoms with Gasteiger partial charge in [-0.1, -0.05) is 36.4 Å². The Kier molecular flexibility index (Phi) is 4.87. The lowest BCUT2D eigenvalue weighted by Gasteiger charge is -2.23. The first-order valence-corrected chi connectivity index (χ1v) is 11.7. The lowest BCUT2D eigenvalue weighted by Crippen LogP contribution is -2.37. The molecule has 6 heteroatoms. The Morgan fingerprint density at radius 3 is 2.26 bits per heavy atom. The van der Waals surface area contributed by atoms with E-state index in [2.05, 4.69) is 0 Å². The molecule has 3 aromatic carbocycles. The smallest absolute Gasteiger partial charge is 0.272 e. The van der Waals surface area contributed by atoms with Crippen LogP contribution in [-0.4, -0.2) is 14.3 Å². The normalized spacial score (nSPS) is 13.7. The molecule has 156 valence electrons. The lowest BCUT2D eigenvalue weighted by atomic mass is 9.96. The summed E-state index contributed by atoms with van der Waals surface area (Å²) in [7, 11) is -4.12. The zero-order chi connectivity index (χ0) is 21.4. The number of carbonyl (C=O) groups excluding carboxylic acids is 1. The summed E-state index contributed by atoms with van der Waals surface area (Å²) in [4.78, 5) is 13.5. The second-order valence-corrected chi connectivity index (χ2v) is 9.43. The molecule has 31 heavy (non-hydrogen) atoms. The van der Waals surface area contributed by atoms with Gasteiger partial charge in [0.2, 0.25) is 0 Å². The number of hydrogen-bond donors (Lipinski definition) is 0. The summed E-state index contributed by atoms with van der Waals surface area (Å²) >= 11 is 0. The lowest BCUT2D eigenvalue weighted by molar-refractivity contribution is 0.101. The molecule has 0 aliphatic heterocycles. The molecule has 1 aromatic heterocycles. The van der Waals surface area contributed by atoms with E-state index >= 15 is 0 Å². The van der Waals surface area contributed by atoms with Crippen LogP contribution in [0.4, 0.5) is 5.69 Å². The van der Waals surface area contributed by atoms with Gasteiger partial charge in [0, 0.05) is 22.9 Å². The molecule has 4 aromatic rings. The van der Waals surface area contributed by atoms with Crippen molar-refractivity contribution >= 4 is 32.6 Å². The Hall–Kier alpha value is -3.38. The standard InChI is InChI=1S/C25H21NO4S/c27-25(18-9-3-1-4-10-18)26(31(28,29)20-11-5-2-6-12-20)19-15-16-24-22(17-19)21-13-7-8-14-23(21)30-24/h1-6,9-12,15-17H,7-8,13-14H2. The minimum Gasteiger partial charge on any atom is -0.461 e. The maximum atomic E-state index is 13.6. The minimum absolute atomic E-state index is 0.0635. The van der Waals surface area contributed by atoms with Gasteiger partial charge in [-0.15, -0.1) is 0 Å². The number of fused-ring (bicyclic) bond motifs is 3. The van der Waals surface area contributed by atoms with Crippen molar-refractivity contribution in [3.05, 3.63) is 95.7 Å². The average molecular weight is 432 g/mol. The molecule has 0 saturated heterocycles. The van der Waals surface area contributed by atoms with Crippen molar-refractivity contribution in [3.8, 4) is 0 Å². The van der Waals surface area contributed by atoms with Crippen LogP contribution in [0.1, 0.15) is 34.5 Å². The molecule has 1 amide bonds. The van der Waals surface area contributed by atoms with E-state index in [4.69, 9.17) is 4.42 Å². The van der Waals surface area contributed by atoms with E-state index < -0.39 is 15.9 Å². The molecule has 0 saturated carbocycles. The maximum Gasteiger partial charge on any atom is 0.272 e. The van der Waals surface area contributed by atoms with Crippen LogP contribution < -0.4 is 4.31 Å². The van der Waals surface area contributed by atoms with Gasteiger partial charge in [-0.3, -0.25) is 4.79 Å². The maximum absolute atomic E-state index is 13.6. The van der Waals surface area contributed by atoms with Gasteiger partial charge in [-0.2, -0.15) is 4.31 Å². The van der Waals surface area contributed by atoms with E-state index in [1.54, 1.807) is 66.7 Å². The van der Waals surface area contributed by atoms with Crippen molar-refractivity contribution in [2.75, 3.05) is 4.31 Å². The van der Waals surface area contributed by atoms with E-state index in [1.165, 1.54) is 12.1 Å². The average Bonchev–Trinajstić information content (AvgIpc) is 3.18. The molecule has 1 heterocycles. The van der Waals surface area contributed by atoms with Gasteiger partial charge < -0.3 is 4.42 Å². The first-order chi connectivity index (χ1) is 15.1. The second kappa shape index (κ2) is 7.71. The molecular formula is C25H21NO4S. The fraction of sp³-hybridized carbons (Fsp3) is 0.160. The van der Waals surface area contributed by atoms with Gasteiger partial charge in [0.05, 0.1) is 10.6 Å². The predicted molar refractivity (Wildman–Crippen MR) is 120 cm³/mol. The summed E-state index contributed by atoms with van der Waals surface area (Å²) in [5.74, 6) is 0.367. The topological polar surface area (TPSA) is 67.6 Å². The largest absolute Gasteiger partial charge is 0.461 e. The van der Waals surface area contributed by atoms with Crippen molar-refractivity contribution in [2.45, 2.75) is 30.6 Å². The van der Waals surface area contributed by atoms with Crippen molar-refractivity contribution in [3.63, 3.8) is 0 Å². The molecule has 0 spiro atoms. The molecule has 5 nitrogen and oxygen atoms in total. The summed E-state index contributed by atoms with van der Waals surface area (Å²) in [6.07, 6.45) is 3.93. The molecule has 0 radical (unpaired) electrons. The highest BCUT2D eigenvalue weighted by atomic mass is 32.2. The van der Waals surface area contributed by atoms with E-state index in [9.17, 15) is 13.2 Å². The molecule has 0 unspecified atom stereocenters. The summed E-state index contributed by atoms with van der Waals surface area (Å²) in [6, 6.07) is 21.7. The third kappa shape index (κ3) is 3.43. The second-order valence-electron chi connectivity index (χ2n) is 7.65. The Labute approximate surface area is 181 Å². The van der Waals surface area contributed by atoms with Gasteiger partial charge >= 0.3 is 0 Å². The van der Waals surface area contributed by atoms with Gasteiger partial charge in [-0.25, -0.2) is 8.42 Å². The zero-order valence-electron chi connectivity index (χ0n) is 16.8. The van der Waals surface area contributed by atoms with Crippen LogP contribution in [0.25, 0.3) is 11.0 Å². The summed E-state index contributed by atoms with van der Waals surface area (Å²) in [6.45, 7) is 0. The number of sulfonamides is 1. The Balaban J connectivity index is 1.70. The predicted octanol–water partition coefficient (Wildman–Crippen LogP) is 5.35. The van der Waals surface area contributed by atoms with Crippen molar-refractivity contribution in [1.29, 1.82) is 0 Å². The molecule has 5 rings (SSSR count). The summed E-state index contributed by atoms with van der Waals surface area (Å²) < 4.78 is 34.1. The Morgan fingerprint density at radius 1 is 0.839 bits per heavy atom. The van der Waals surface area contributed by atoms with Crippen LogP contribution in [0, 0.1) is 0 Å². The van der Waals surface area contributed by atoms with E-state index in [0.29, 0.717) is 11.3 Å². The van der Waals surface area contributed by atoms with Crippen LogP contribution in [0.15, 0.2) is 88.2 Å². The van der Waals surface area contributed by atoms with E-state index in [-0.39, 0.29) is 4.90 Å². The van der Waals surface area contributed by atoms with Crippen molar-refractivity contribution in [2.24, 2.45) is 0 Å². The van der Waals surface area contributed by atoms with Crippen LogP contribution in [0.3, 0.4) is 0 Å². The third-order valence-corrected chi connectivity index (χ3v) is 7.38. The number of benzene rings is 3. The number of furan rings is 1. The highest BCUT2D eigenvalue weighted by Gasteiger charge is 2.32. The molecule has 0 fully saturated rings. The van der Waals surface area contributed by atoms with Gasteiger partial charge in [0.15, 0.2) is 0 Å². The summed E-state index contributed by atoms with van der Waals surface area (Å²) in [5, 5.41) is 0.876. The molecule has 1 aliphatic carbocycles. The van der Waals surface area contributed by atoms with Gasteiger partial charge in [0.1, 0.15) is 11.3 Å². The Morgan fingerprint density at radius 2 is 1.52 bits per heavy atom. The molecule has 1 aliphatic rings. The number of hydrogen-bond acceptors (Lipinski definition) is 4.